The number of carbonyl (C=O) groups excluding carboxylic acids is 1. The van der Waals surface area contributed by atoms with Crippen LogP contribution < -0.4 is 5.32 Å². The summed E-state index contributed by atoms with van der Waals surface area (Å²) >= 11 is 1.46. The van der Waals surface area contributed by atoms with Crippen LogP contribution in [-0.2, 0) is 19.9 Å². The van der Waals surface area contributed by atoms with Crippen LogP contribution >= 0.6 is 11.3 Å². The lowest BCUT2D eigenvalue weighted by molar-refractivity contribution is 0.0958. The maximum Gasteiger partial charge on any atom is 0.263 e. The van der Waals surface area contributed by atoms with Crippen molar-refractivity contribution in [3.63, 3.8) is 0 Å². The zero-order valence-corrected chi connectivity index (χ0v) is 13.2. The smallest absolute Gasteiger partial charge is 0.263 e. The summed E-state index contributed by atoms with van der Waals surface area (Å²) in [5, 5.41) is 8.31. The fourth-order valence-corrected chi connectivity index (χ4v) is 2.92. The van der Waals surface area contributed by atoms with Crippen molar-refractivity contribution >= 4 is 17.2 Å². The topological polar surface area (TPSA) is 59.8 Å². The van der Waals surface area contributed by atoms with E-state index in [2.05, 4.69) is 15.4 Å². The number of nitrogens with one attached hydrogen (secondary N) is 1. The van der Waals surface area contributed by atoms with E-state index in [-0.39, 0.29) is 5.91 Å². The van der Waals surface area contributed by atoms with E-state index >= 15 is 0 Å². The highest BCUT2D eigenvalue weighted by Crippen LogP contribution is 2.14. The maximum atomic E-state index is 12.0. The van der Waals surface area contributed by atoms with E-state index in [1.807, 2.05) is 32.5 Å². The van der Waals surface area contributed by atoms with Crippen molar-refractivity contribution < 1.29 is 4.79 Å². The molecule has 6 heteroatoms. The van der Waals surface area contributed by atoms with Gasteiger partial charge in [-0.1, -0.05) is 6.92 Å². The Morgan fingerprint density at radius 2 is 2.20 bits per heavy atom. The Bertz CT molecular complexity index is 615. The Morgan fingerprint density at radius 1 is 1.45 bits per heavy atom. The fraction of sp³-hybridized carbons (Fsp3) is 0.500. The van der Waals surface area contributed by atoms with Crippen molar-refractivity contribution in [1.82, 2.24) is 20.1 Å². The predicted octanol–water partition coefficient (Wildman–Crippen LogP) is 2.03. The van der Waals surface area contributed by atoms with Crippen LogP contribution in [0.15, 0.2) is 6.20 Å². The van der Waals surface area contributed by atoms with Crippen LogP contribution in [0.3, 0.4) is 0 Å². The second kappa shape index (κ2) is 6.17. The van der Waals surface area contributed by atoms with Crippen molar-refractivity contribution in [3.8, 4) is 0 Å². The summed E-state index contributed by atoms with van der Waals surface area (Å²) in [6.07, 6.45) is 3.32. The molecule has 108 valence electrons. The molecule has 0 radical (unpaired) electrons. The number of carbonyl (C=O) groups is 1. The average Bonchev–Trinajstić information content (AvgIpc) is 2.99. The van der Waals surface area contributed by atoms with Gasteiger partial charge in [0.1, 0.15) is 4.88 Å². The number of rotatable bonds is 5. The third-order valence-electron chi connectivity index (χ3n) is 3.40. The Balaban J connectivity index is 1.91. The van der Waals surface area contributed by atoms with E-state index in [1.54, 1.807) is 6.20 Å². The van der Waals surface area contributed by atoms with Gasteiger partial charge in [0.25, 0.3) is 5.91 Å². The van der Waals surface area contributed by atoms with Gasteiger partial charge in [0, 0.05) is 19.3 Å². The molecule has 0 saturated carbocycles. The molecule has 5 nitrogen and oxygen atoms in total. The Hall–Kier alpha value is -1.69. The van der Waals surface area contributed by atoms with Gasteiger partial charge < -0.3 is 5.32 Å². The summed E-state index contributed by atoms with van der Waals surface area (Å²) in [5.41, 5.74) is 3.40. The first-order valence-electron chi connectivity index (χ1n) is 6.75. The Kier molecular flexibility index (Phi) is 4.54. The summed E-state index contributed by atoms with van der Waals surface area (Å²) in [6.45, 7) is 6.70. The van der Waals surface area contributed by atoms with Gasteiger partial charge >= 0.3 is 0 Å². The van der Waals surface area contributed by atoms with Crippen molar-refractivity contribution in [3.05, 3.63) is 33.0 Å². The summed E-state index contributed by atoms with van der Waals surface area (Å²) in [6, 6.07) is 0. The molecule has 1 N–H and O–H groups in total. The number of nitrogens with zero attached hydrogens (tertiary/aromatic N) is 3. The van der Waals surface area contributed by atoms with Crippen molar-refractivity contribution in [2.75, 3.05) is 6.54 Å². The van der Waals surface area contributed by atoms with E-state index in [9.17, 15) is 4.79 Å². The quantitative estimate of drug-likeness (QED) is 0.917. The first-order chi connectivity index (χ1) is 9.52. The molecule has 0 bridgehead atoms. The second-order valence-electron chi connectivity index (χ2n) is 4.75. The fourth-order valence-electron chi connectivity index (χ4n) is 2.15. The maximum absolute atomic E-state index is 12.0. The van der Waals surface area contributed by atoms with Crippen molar-refractivity contribution in [2.24, 2.45) is 7.05 Å². The molecule has 0 aliphatic carbocycles. The monoisotopic (exact) mass is 292 g/mol. The molecule has 20 heavy (non-hydrogen) atoms. The third-order valence-corrected chi connectivity index (χ3v) is 4.54. The average molecular weight is 292 g/mol. The van der Waals surface area contributed by atoms with Crippen LogP contribution in [0.2, 0.25) is 0 Å². The van der Waals surface area contributed by atoms with Gasteiger partial charge in [-0.25, -0.2) is 4.98 Å². The lowest BCUT2D eigenvalue weighted by atomic mass is 10.1. The minimum absolute atomic E-state index is 0.0404. The molecule has 0 aromatic carbocycles. The first-order valence-corrected chi connectivity index (χ1v) is 7.56. The highest BCUT2D eigenvalue weighted by Gasteiger charge is 2.12. The number of thiazole rings is 1. The number of aromatic nitrogens is 3. The Morgan fingerprint density at radius 3 is 2.75 bits per heavy atom. The largest absolute Gasteiger partial charge is 0.351 e. The molecule has 0 atom stereocenters. The molecule has 0 fully saturated rings. The normalized spacial score (nSPS) is 10.8. The highest BCUT2D eigenvalue weighted by molar-refractivity contribution is 7.13. The number of aryl methyl sites for hydroxylation is 3. The van der Waals surface area contributed by atoms with Crippen LogP contribution in [0, 0.1) is 13.8 Å². The minimum atomic E-state index is -0.0404. The van der Waals surface area contributed by atoms with E-state index in [1.165, 1.54) is 16.9 Å². The van der Waals surface area contributed by atoms with Crippen LogP contribution in [0.5, 0.6) is 0 Å². The number of hydrogen-bond donors (Lipinski definition) is 1. The van der Waals surface area contributed by atoms with Crippen LogP contribution in [0.4, 0.5) is 0 Å². The van der Waals surface area contributed by atoms with Crippen LogP contribution in [0.25, 0.3) is 0 Å². The van der Waals surface area contributed by atoms with Crippen molar-refractivity contribution in [2.45, 2.75) is 33.6 Å². The van der Waals surface area contributed by atoms with Gasteiger partial charge in [-0.2, -0.15) is 5.10 Å². The highest BCUT2D eigenvalue weighted by atomic mass is 32.1. The van der Waals surface area contributed by atoms with Crippen molar-refractivity contribution in [1.29, 1.82) is 0 Å². The summed E-state index contributed by atoms with van der Waals surface area (Å²) in [7, 11) is 1.94. The number of amides is 1. The minimum Gasteiger partial charge on any atom is -0.351 e. The molecule has 0 saturated heterocycles. The summed E-state index contributed by atoms with van der Waals surface area (Å²) in [4.78, 5) is 16.9. The molecular weight excluding hydrogens is 272 g/mol. The lowest BCUT2D eigenvalue weighted by Crippen LogP contribution is -2.25. The Labute approximate surface area is 123 Å². The molecule has 0 unspecified atom stereocenters. The summed E-state index contributed by atoms with van der Waals surface area (Å²) < 4.78 is 1.88. The SMILES string of the molecule is CCc1ncc(C(=O)NCCc2c(C)nn(C)c2C)s1. The zero-order chi connectivity index (χ0) is 14.7. The van der Waals surface area contributed by atoms with Gasteiger partial charge in [-0.3, -0.25) is 9.48 Å². The molecule has 0 spiro atoms. The molecule has 2 heterocycles. The lowest BCUT2D eigenvalue weighted by Gasteiger charge is -2.04. The van der Waals surface area contributed by atoms with E-state index in [0.717, 1.165) is 29.2 Å². The molecule has 1 amide bonds. The number of hydrogen-bond acceptors (Lipinski definition) is 4. The molecular formula is C14H20N4OS. The van der Waals surface area contributed by atoms with E-state index in [4.69, 9.17) is 0 Å². The first kappa shape index (κ1) is 14.7. The molecule has 2 aromatic rings. The van der Waals surface area contributed by atoms with E-state index < -0.39 is 0 Å². The third kappa shape index (κ3) is 3.07. The van der Waals surface area contributed by atoms with Gasteiger partial charge in [-0.15, -0.1) is 11.3 Å². The molecule has 2 rings (SSSR count). The second-order valence-corrected chi connectivity index (χ2v) is 5.87. The van der Waals surface area contributed by atoms with Crippen LogP contribution in [0.1, 0.15) is 38.6 Å². The predicted molar refractivity (Wildman–Crippen MR) is 80.2 cm³/mol. The van der Waals surface area contributed by atoms with Gasteiger partial charge in [0.2, 0.25) is 0 Å². The summed E-state index contributed by atoms with van der Waals surface area (Å²) in [5.74, 6) is -0.0404. The van der Waals surface area contributed by atoms with E-state index in [0.29, 0.717) is 11.4 Å². The van der Waals surface area contributed by atoms with Gasteiger partial charge in [-0.05, 0) is 32.3 Å². The molecule has 0 aliphatic heterocycles. The zero-order valence-electron chi connectivity index (χ0n) is 12.4. The van der Waals surface area contributed by atoms with Gasteiger partial charge in [0.05, 0.1) is 16.9 Å². The molecule has 0 aliphatic rings. The molecule has 2 aromatic heterocycles. The standard InChI is InChI=1S/C14H20N4OS/c1-5-13-16-8-12(20-13)14(19)15-7-6-11-9(2)17-18(4)10(11)3/h8H,5-7H2,1-4H3,(H,15,19). The van der Waals surface area contributed by atoms with Gasteiger partial charge in [0.15, 0.2) is 0 Å². The van der Waals surface area contributed by atoms with Crippen LogP contribution in [-0.4, -0.2) is 27.2 Å².